The molecule has 1 heterocycles. The van der Waals surface area contributed by atoms with Crippen LogP contribution in [-0.4, -0.2) is 74.6 Å². The first-order chi connectivity index (χ1) is 17.3. The van der Waals surface area contributed by atoms with Gasteiger partial charge in [-0.25, -0.2) is 12.7 Å². The number of aliphatic imine (C=N–C) groups is 1. The number of amides is 1. The molecule has 0 saturated carbocycles. The topological polar surface area (TPSA) is 125 Å². The molecule has 0 fully saturated rings. The van der Waals surface area contributed by atoms with Gasteiger partial charge in [0.1, 0.15) is 11.4 Å². The van der Waals surface area contributed by atoms with E-state index < -0.39 is 37.3 Å². The maximum atomic E-state index is 13.2. The van der Waals surface area contributed by atoms with E-state index in [-0.39, 0.29) is 24.9 Å². The van der Waals surface area contributed by atoms with E-state index in [1.54, 1.807) is 7.05 Å². The second-order valence-electron chi connectivity index (χ2n) is 8.43. The van der Waals surface area contributed by atoms with Gasteiger partial charge in [0.25, 0.3) is 5.69 Å². The highest BCUT2D eigenvalue weighted by atomic mass is 32.2. The van der Waals surface area contributed by atoms with Gasteiger partial charge in [0.2, 0.25) is 15.9 Å². The Labute approximate surface area is 212 Å². The van der Waals surface area contributed by atoms with Crippen molar-refractivity contribution in [1.82, 2.24) is 14.5 Å². The van der Waals surface area contributed by atoms with Gasteiger partial charge in [-0.15, -0.1) is 0 Å². The molecular weight excluding hydrogens is 515 g/mol. The number of halogens is 3. The molecule has 0 radical (unpaired) electrons. The first-order valence-corrected chi connectivity index (χ1v) is 12.7. The number of benzene rings is 2. The molecule has 1 N–H and O–H groups in total. The summed E-state index contributed by atoms with van der Waals surface area (Å²) >= 11 is 0. The molecule has 1 aliphatic rings. The third kappa shape index (κ3) is 6.83. The summed E-state index contributed by atoms with van der Waals surface area (Å²) in [7, 11) is -1.72. The van der Waals surface area contributed by atoms with Crippen LogP contribution < -0.4 is 5.32 Å². The van der Waals surface area contributed by atoms with Crippen LogP contribution in [0.5, 0.6) is 0 Å². The van der Waals surface area contributed by atoms with Crippen molar-refractivity contribution in [3.63, 3.8) is 0 Å². The standard InChI is InChI=1S/C23H26F3N5O5S/c1-29(13-9-16-3-5-17(6-4-16)22-27-11-12-28-22)21(32)10-14-30(2)37(35,36)18-7-8-20(31(33)34)19(15-18)23(24,25)26/h3-8,15H,9-14H2,1-2H3,(H,27,28). The summed E-state index contributed by atoms with van der Waals surface area (Å²) in [4.78, 5) is 27.3. The second-order valence-corrected chi connectivity index (χ2v) is 10.5. The Balaban J connectivity index is 1.57. The van der Waals surface area contributed by atoms with E-state index in [2.05, 4.69) is 10.3 Å². The van der Waals surface area contributed by atoms with E-state index in [4.69, 9.17) is 0 Å². The summed E-state index contributed by atoms with van der Waals surface area (Å²) in [5.74, 6) is 0.504. The molecule has 14 heteroatoms. The molecule has 0 bridgehead atoms. The van der Waals surface area contributed by atoms with Crippen molar-refractivity contribution in [3.8, 4) is 0 Å². The molecule has 10 nitrogen and oxygen atoms in total. The Morgan fingerprint density at radius 3 is 2.38 bits per heavy atom. The third-order valence-electron chi connectivity index (χ3n) is 5.88. The van der Waals surface area contributed by atoms with Gasteiger partial charge in [-0.2, -0.15) is 13.2 Å². The molecule has 0 aromatic heterocycles. The summed E-state index contributed by atoms with van der Waals surface area (Å²) in [5, 5.41) is 14.1. The molecule has 0 spiro atoms. The minimum Gasteiger partial charge on any atom is -0.368 e. The maximum Gasteiger partial charge on any atom is 0.423 e. The lowest BCUT2D eigenvalue weighted by molar-refractivity contribution is -0.388. The molecule has 1 amide bonds. The number of amidine groups is 1. The smallest absolute Gasteiger partial charge is 0.368 e. The molecule has 3 rings (SSSR count). The Morgan fingerprint density at radius 1 is 1.14 bits per heavy atom. The lowest BCUT2D eigenvalue weighted by Gasteiger charge is -2.21. The number of nitrogens with zero attached hydrogens (tertiary/aromatic N) is 4. The van der Waals surface area contributed by atoms with Crippen LogP contribution in [-0.2, 0) is 27.4 Å². The quantitative estimate of drug-likeness (QED) is 0.364. The number of rotatable bonds is 10. The van der Waals surface area contributed by atoms with Gasteiger partial charge in [-0.05, 0) is 24.1 Å². The van der Waals surface area contributed by atoms with Crippen LogP contribution in [0.4, 0.5) is 18.9 Å². The second kappa shape index (κ2) is 11.3. The maximum absolute atomic E-state index is 13.2. The number of carbonyl (C=O) groups excluding carboxylic acids is 1. The van der Waals surface area contributed by atoms with E-state index in [0.29, 0.717) is 19.0 Å². The van der Waals surface area contributed by atoms with E-state index in [0.717, 1.165) is 47.5 Å². The fourth-order valence-electron chi connectivity index (χ4n) is 3.65. The van der Waals surface area contributed by atoms with E-state index >= 15 is 0 Å². The lowest BCUT2D eigenvalue weighted by atomic mass is 10.1. The molecule has 1 aliphatic heterocycles. The van der Waals surface area contributed by atoms with Gasteiger partial charge >= 0.3 is 6.18 Å². The number of likely N-dealkylation sites (N-methyl/N-ethyl adjacent to an activating group) is 1. The Bertz CT molecular complexity index is 1300. The molecule has 37 heavy (non-hydrogen) atoms. The average molecular weight is 542 g/mol. The number of hydrogen-bond acceptors (Lipinski definition) is 7. The highest BCUT2D eigenvalue weighted by molar-refractivity contribution is 7.89. The number of nitro groups is 1. The predicted molar refractivity (Wildman–Crippen MR) is 130 cm³/mol. The first-order valence-electron chi connectivity index (χ1n) is 11.2. The SMILES string of the molecule is CN(CCc1ccc(C2=NCCN2)cc1)C(=O)CCN(C)S(=O)(=O)c1ccc([N+](=O)[O-])c(C(F)(F)F)c1. The van der Waals surface area contributed by atoms with Crippen molar-refractivity contribution in [3.05, 3.63) is 69.3 Å². The molecule has 2 aromatic carbocycles. The van der Waals surface area contributed by atoms with Gasteiger partial charge in [0, 0.05) is 51.8 Å². The lowest BCUT2D eigenvalue weighted by Crippen LogP contribution is -2.34. The van der Waals surface area contributed by atoms with Crippen LogP contribution in [0.3, 0.4) is 0 Å². The molecular formula is C23H26F3N5O5S. The van der Waals surface area contributed by atoms with E-state index in [9.17, 15) is 36.5 Å². The van der Waals surface area contributed by atoms with Crippen molar-refractivity contribution >= 4 is 27.5 Å². The molecule has 0 unspecified atom stereocenters. The molecule has 2 aromatic rings. The summed E-state index contributed by atoms with van der Waals surface area (Å²) in [6.45, 7) is 1.64. The van der Waals surface area contributed by atoms with Crippen molar-refractivity contribution in [2.75, 3.05) is 40.3 Å². The highest BCUT2D eigenvalue weighted by Crippen LogP contribution is 2.37. The highest BCUT2D eigenvalue weighted by Gasteiger charge is 2.39. The minimum atomic E-state index is -5.12. The zero-order valence-electron chi connectivity index (χ0n) is 20.2. The minimum absolute atomic E-state index is 0.199. The van der Waals surface area contributed by atoms with Crippen LogP contribution in [0, 0.1) is 10.1 Å². The fourth-order valence-corrected chi connectivity index (χ4v) is 4.85. The van der Waals surface area contributed by atoms with Crippen LogP contribution in [0.25, 0.3) is 0 Å². The predicted octanol–water partition coefficient (Wildman–Crippen LogP) is 2.68. The van der Waals surface area contributed by atoms with Crippen LogP contribution >= 0.6 is 0 Å². The third-order valence-corrected chi connectivity index (χ3v) is 7.73. The van der Waals surface area contributed by atoms with Crippen LogP contribution in [0.2, 0.25) is 0 Å². The summed E-state index contributed by atoms with van der Waals surface area (Å²) in [6, 6.07) is 9.25. The van der Waals surface area contributed by atoms with Crippen LogP contribution in [0.1, 0.15) is 23.1 Å². The van der Waals surface area contributed by atoms with Crippen molar-refractivity contribution in [1.29, 1.82) is 0 Å². The summed E-state index contributed by atoms with van der Waals surface area (Å²) in [5.41, 5.74) is -0.932. The molecule has 200 valence electrons. The molecule has 0 aliphatic carbocycles. The van der Waals surface area contributed by atoms with E-state index in [1.165, 1.54) is 4.90 Å². The van der Waals surface area contributed by atoms with Gasteiger partial charge < -0.3 is 10.2 Å². The largest absolute Gasteiger partial charge is 0.423 e. The zero-order chi connectivity index (χ0) is 27.4. The normalized spacial score (nSPS) is 13.8. The number of alkyl halides is 3. The Hall–Kier alpha value is -3.52. The number of sulfonamides is 1. The monoisotopic (exact) mass is 541 g/mol. The Kier molecular flexibility index (Phi) is 8.53. The number of hydrogen-bond donors (Lipinski definition) is 1. The Morgan fingerprint density at radius 2 is 1.81 bits per heavy atom. The van der Waals surface area contributed by atoms with Crippen molar-refractivity contribution in [2.45, 2.75) is 23.9 Å². The van der Waals surface area contributed by atoms with Crippen LogP contribution in [0.15, 0.2) is 52.4 Å². The zero-order valence-corrected chi connectivity index (χ0v) is 21.0. The van der Waals surface area contributed by atoms with Crippen molar-refractivity contribution < 1.29 is 31.3 Å². The van der Waals surface area contributed by atoms with E-state index in [1.807, 2.05) is 24.3 Å². The number of nitrogens with one attached hydrogen (secondary N) is 1. The summed E-state index contributed by atoms with van der Waals surface area (Å²) < 4.78 is 66.0. The first kappa shape index (κ1) is 28.1. The van der Waals surface area contributed by atoms with Gasteiger partial charge in [-0.3, -0.25) is 19.9 Å². The molecule has 0 atom stereocenters. The number of nitro benzene ring substituents is 1. The number of carbonyl (C=O) groups is 1. The summed E-state index contributed by atoms with van der Waals surface area (Å²) in [6.07, 6.45) is -4.75. The van der Waals surface area contributed by atoms with Gasteiger partial charge in [0.15, 0.2) is 0 Å². The fraction of sp³-hybridized carbons (Fsp3) is 0.391. The van der Waals surface area contributed by atoms with Crippen molar-refractivity contribution in [2.24, 2.45) is 4.99 Å². The molecule has 0 saturated heterocycles. The van der Waals surface area contributed by atoms with Gasteiger partial charge in [0.05, 0.1) is 16.4 Å². The van der Waals surface area contributed by atoms with Gasteiger partial charge in [-0.1, -0.05) is 24.3 Å². The average Bonchev–Trinajstić information content (AvgIpc) is 3.40.